The highest BCUT2D eigenvalue weighted by Gasteiger charge is 2.46. The zero-order valence-corrected chi connectivity index (χ0v) is 20.2. The van der Waals surface area contributed by atoms with Crippen molar-refractivity contribution in [2.24, 2.45) is 0 Å². The quantitative estimate of drug-likeness (QED) is 0.179. The van der Waals surface area contributed by atoms with Crippen LogP contribution >= 0.6 is 0 Å². The van der Waals surface area contributed by atoms with Crippen molar-refractivity contribution in [2.75, 3.05) is 40.4 Å². The van der Waals surface area contributed by atoms with Gasteiger partial charge in [-0.3, -0.25) is 19.7 Å². The molecule has 1 heterocycles. The molecule has 1 fully saturated rings. The van der Waals surface area contributed by atoms with E-state index in [0.29, 0.717) is 23.6 Å². The molecule has 0 aliphatic carbocycles. The minimum Gasteiger partial charge on any atom is -0.507 e. The van der Waals surface area contributed by atoms with Gasteiger partial charge in [0, 0.05) is 30.8 Å². The molecule has 0 unspecified atom stereocenters. The van der Waals surface area contributed by atoms with Crippen LogP contribution in [0.1, 0.15) is 31.0 Å². The number of carbonyl (C=O) groups is 2. The average molecular weight is 484 g/mol. The van der Waals surface area contributed by atoms with Crippen LogP contribution in [0.15, 0.2) is 48.0 Å². The van der Waals surface area contributed by atoms with Gasteiger partial charge in [0.1, 0.15) is 5.76 Å². The average Bonchev–Trinajstić information content (AvgIpc) is 3.13. The number of non-ortho nitro benzene ring substituents is 1. The number of aliphatic hydroxyl groups excluding tert-OH is 1. The van der Waals surface area contributed by atoms with Gasteiger partial charge in [0.25, 0.3) is 17.4 Å². The Bertz CT molecular complexity index is 1160. The van der Waals surface area contributed by atoms with Crippen LogP contribution in [0.3, 0.4) is 0 Å². The van der Waals surface area contributed by atoms with Crippen LogP contribution in [-0.4, -0.2) is 71.9 Å². The maximum absolute atomic E-state index is 13.2. The van der Waals surface area contributed by atoms with Crippen LogP contribution in [-0.2, 0) is 9.59 Å². The maximum Gasteiger partial charge on any atom is 0.295 e. The van der Waals surface area contributed by atoms with Crippen molar-refractivity contribution in [3.8, 4) is 11.5 Å². The number of Topliss-reactive ketones (excluding diaryl/α,β-unsaturated/α-hetero) is 1. The molecular formula is C25H29N3O7. The van der Waals surface area contributed by atoms with Gasteiger partial charge in [-0.2, -0.15) is 0 Å². The highest BCUT2D eigenvalue weighted by Crippen LogP contribution is 2.41. The molecule has 1 amide bonds. The number of hydrogen-bond acceptors (Lipinski definition) is 8. The number of likely N-dealkylation sites (N-methyl/N-ethyl adjacent to an activating group) is 1. The highest BCUT2D eigenvalue weighted by atomic mass is 16.6. The molecule has 2 aromatic carbocycles. The summed E-state index contributed by atoms with van der Waals surface area (Å²) < 4.78 is 10.5. The standard InChI is InChI=1S/C25H29N3O7/c1-5-26(6-2)12-13-27-22(16-8-7-9-18(14-16)28(32)33)21(24(30)25(27)31)23(29)17-10-11-19(34-3)20(15-17)35-4/h7-11,14-15,22,29H,5-6,12-13H2,1-4H3/t22-/m0/s1. The summed E-state index contributed by atoms with van der Waals surface area (Å²) in [5.74, 6) is -1.26. The van der Waals surface area contributed by atoms with Gasteiger partial charge in [-0.15, -0.1) is 0 Å². The van der Waals surface area contributed by atoms with Crippen molar-refractivity contribution in [1.82, 2.24) is 9.80 Å². The third-order valence-electron chi connectivity index (χ3n) is 6.15. The molecule has 2 aromatic rings. The predicted molar refractivity (Wildman–Crippen MR) is 129 cm³/mol. The number of methoxy groups -OCH3 is 2. The number of benzene rings is 2. The third-order valence-corrected chi connectivity index (χ3v) is 6.15. The predicted octanol–water partition coefficient (Wildman–Crippen LogP) is 3.38. The Morgan fingerprint density at radius 2 is 1.77 bits per heavy atom. The van der Waals surface area contributed by atoms with Gasteiger partial charge in [0.2, 0.25) is 0 Å². The Morgan fingerprint density at radius 1 is 1.09 bits per heavy atom. The van der Waals surface area contributed by atoms with E-state index in [0.717, 1.165) is 13.1 Å². The largest absolute Gasteiger partial charge is 0.507 e. The number of likely N-dealkylation sites (tertiary alicyclic amines) is 1. The second-order valence-corrected chi connectivity index (χ2v) is 7.94. The van der Waals surface area contributed by atoms with E-state index in [-0.39, 0.29) is 23.4 Å². The molecule has 1 aliphatic heterocycles. The van der Waals surface area contributed by atoms with E-state index in [9.17, 15) is 24.8 Å². The molecule has 1 N–H and O–H groups in total. The zero-order chi connectivity index (χ0) is 25.7. The number of rotatable bonds is 10. The summed E-state index contributed by atoms with van der Waals surface area (Å²) in [5.41, 5.74) is 0.296. The molecule has 10 nitrogen and oxygen atoms in total. The van der Waals surface area contributed by atoms with Crippen molar-refractivity contribution < 1.29 is 29.1 Å². The molecular weight excluding hydrogens is 454 g/mol. The van der Waals surface area contributed by atoms with E-state index in [1.54, 1.807) is 18.2 Å². The van der Waals surface area contributed by atoms with Gasteiger partial charge in [0.05, 0.1) is 30.8 Å². The lowest BCUT2D eigenvalue weighted by Crippen LogP contribution is -2.38. The van der Waals surface area contributed by atoms with Crippen LogP contribution in [0, 0.1) is 10.1 Å². The molecule has 35 heavy (non-hydrogen) atoms. The number of nitrogens with zero attached hydrogens (tertiary/aromatic N) is 3. The smallest absolute Gasteiger partial charge is 0.295 e. The van der Waals surface area contributed by atoms with Crippen LogP contribution in [0.5, 0.6) is 11.5 Å². The van der Waals surface area contributed by atoms with Crippen LogP contribution in [0.4, 0.5) is 5.69 Å². The van der Waals surface area contributed by atoms with E-state index in [4.69, 9.17) is 9.47 Å². The summed E-state index contributed by atoms with van der Waals surface area (Å²) in [6.45, 7) is 6.21. The lowest BCUT2D eigenvalue weighted by molar-refractivity contribution is -0.384. The molecule has 0 spiro atoms. The van der Waals surface area contributed by atoms with Gasteiger partial charge in [-0.1, -0.05) is 26.0 Å². The molecule has 1 aliphatic rings. The zero-order valence-electron chi connectivity index (χ0n) is 20.2. The van der Waals surface area contributed by atoms with Crippen molar-refractivity contribution in [3.05, 3.63) is 69.3 Å². The molecule has 3 rings (SSSR count). The lowest BCUT2D eigenvalue weighted by Gasteiger charge is -2.28. The topological polar surface area (TPSA) is 122 Å². The number of nitro groups is 1. The number of aliphatic hydroxyl groups is 1. The highest BCUT2D eigenvalue weighted by molar-refractivity contribution is 6.46. The molecule has 1 atom stereocenters. The number of ether oxygens (including phenoxy) is 2. The summed E-state index contributed by atoms with van der Waals surface area (Å²) in [4.78, 5) is 40.6. The van der Waals surface area contributed by atoms with E-state index >= 15 is 0 Å². The molecule has 10 heteroatoms. The van der Waals surface area contributed by atoms with Crippen LogP contribution < -0.4 is 9.47 Å². The number of ketones is 1. The van der Waals surface area contributed by atoms with Gasteiger partial charge in [-0.25, -0.2) is 0 Å². The van der Waals surface area contributed by atoms with E-state index in [1.807, 2.05) is 13.8 Å². The fourth-order valence-corrected chi connectivity index (χ4v) is 4.19. The van der Waals surface area contributed by atoms with Gasteiger partial charge in [-0.05, 0) is 36.9 Å². The molecule has 1 saturated heterocycles. The fraction of sp³-hybridized carbons (Fsp3) is 0.360. The number of nitro benzene ring substituents is 1. The Morgan fingerprint density at radius 3 is 2.37 bits per heavy atom. The summed E-state index contributed by atoms with van der Waals surface area (Å²) in [5, 5.41) is 22.6. The molecule has 0 aromatic heterocycles. The minimum atomic E-state index is -0.987. The molecule has 0 radical (unpaired) electrons. The first-order valence-electron chi connectivity index (χ1n) is 11.2. The molecule has 0 bridgehead atoms. The van der Waals surface area contributed by atoms with Gasteiger partial charge in [0.15, 0.2) is 11.5 Å². The number of carbonyl (C=O) groups excluding carboxylic acids is 2. The van der Waals surface area contributed by atoms with Crippen molar-refractivity contribution in [1.29, 1.82) is 0 Å². The Hall–Kier alpha value is -3.92. The lowest BCUT2D eigenvalue weighted by atomic mass is 9.95. The van der Waals surface area contributed by atoms with Crippen molar-refractivity contribution in [2.45, 2.75) is 19.9 Å². The number of hydrogen-bond donors (Lipinski definition) is 1. The fourth-order valence-electron chi connectivity index (χ4n) is 4.19. The SMILES string of the molecule is CCN(CC)CCN1C(=O)C(=O)C(=C(O)c2ccc(OC)c(OC)c2)[C@@H]1c1cccc([N+](=O)[O-])c1. The molecule has 186 valence electrons. The van der Waals surface area contributed by atoms with Crippen LogP contribution in [0.25, 0.3) is 5.76 Å². The monoisotopic (exact) mass is 483 g/mol. The van der Waals surface area contributed by atoms with E-state index in [1.165, 1.54) is 43.4 Å². The van der Waals surface area contributed by atoms with Gasteiger partial charge >= 0.3 is 0 Å². The first-order chi connectivity index (χ1) is 16.8. The van der Waals surface area contributed by atoms with Crippen LogP contribution in [0.2, 0.25) is 0 Å². The van der Waals surface area contributed by atoms with E-state index < -0.39 is 28.4 Å². The Kier molecular flexibility index (Phi) is 8.08. The van der Waals surface area contributed by atoms with Crippen molar-refractivity contribution in [3.63, 3.8) is 0 Å². The minimum absolute atomic E-state index is 0.137. The maximum atomic E-state index is 13.2. The first kappa shape index (κ1) is 25.7. The van der Waals surface area contributed by atoms with E-state index in [2.05, 4.69) is 4.90 Å². The second-order valence-electron chi connectivity index (χ2n) is 7.94. The van der Waals surface area contributed by atoms with Crippen molar-refractivity contribution >= 4 is 23.1 Å². The van der Waals surface area contributed by atoms with Gasteiger partial charge < -0.3 is 24.4 Å². The Labute approximate surface area is 203 Å². The normalized spacial score (nSPS) is 17.2. The second kappa shape index (κ2) is 11.0. The number of amides is 1. The first-order valence-corrected chi connectivity index (χ1v) is 11.2. The summed E-state index contributed by atoms with van der Waals surface area (Å²) >= 11 is 0. The third kappa shape index (κ3) is 5.12. The molecule has 0 saturated carbocycles. The summed E-state index contributed by atoms with van der Waals surface area (Å²) in [7, 11) is 2.91. The Balaban J connectivity index is 2.17. The summed E-state index contributed by atoms with van der Waals surface area (Å²) in [6, 6.07) is 9.39. The summed E-state index contributed by atoms with van der Waals surface area (Å²) in [6.07, 6.45) is 0.